The quantitative estimate of drug-likeness (QED) is 0.129. The first-order valence-electron chi connectivity index (χ1n) is 9.30. The number of aliphatic hydroxyl groups is 1. The van der Waals surface area contributed by atoms with E-state index in [1.165, 1.54) is 0 Å². The average molecular weight is 447 g/mol. The Kier molecular flexibility index (Phi) is 11.7. The fraction of sp³-hybridized carbons (Fsp3) is 0.647. The molecule has 0 saturated carbocycles. The summed E-state index contributed by atoms with van der Waals surface area (Å²) in [4.78, 5) is 70.2. The minimum Gasteiger partial charge on any atom is -0.481 e. The number of nitrogens with one attached hydrogen (secondary N) is 3. The summed E-state index contributed by atoms with van der Waals surface area (Å²) < 4.78 is 0. The molecule has 0 aromatic carbocycles. The summed E-state index contributed by atoms with van der Waals surface area (Å²) in [6.07, 6.45) is -1.48. The molecule has 4 amide bonds. The van der Waals surface area contributed by atoms with Gasteiger partial charge < -0.3 is 42.7 Å². The van der Waals surface area contributed by atoms with Crippen LogP contribution in [0.5, 0.6) is 0 Å². The molecule has 4 unspecified atom stereocenters. The van der Waals surface area contributed by atoms with Crippen molar-refractivity contribution in [2.75, 3.05) is 6.61 Å². The molecule has 0 radical (unpaired) electrons. The monoisotopic (exact) mass is 447 g/mol. The molecule has 0 saturated heterocycles. The van der Waals surface area contributed by atoms with Crippen molar-refractivity contribution in [3.05, 3.63) is 0 Å². The van der Waals surface area contributed by atoms with E-state index in [1.54, 1.807) is 13.8 Å². The summed E-state index contributed by atoms with van der Waals surface area (Å²) >= 11 is 0. The van der Waals surface area contributed by atoms with Crippen LogP contribution in [0.2, 0.25) is 0 Å². The predicted molar refractivity (Wildman–Crippen MR) is 104 cm³/mol. The van der Waals surface area contributed by atoms with Crippen molar-refractivity contribution in [3.63, 3.8) is 0 Å². The minimum absolute atomic E-state index is 0.256. The molecule has 10 N–H and O–H groups in total. The van der Waals surface area contributed by atoms with E-state index >= 15 is 0 Å². The Labute approximate surface area is 177 Å². The van der Waals surface area contributed by atoms with Gasteiger partial charge in [0.15, 0.2) is 0 Å². The molecule has 0 aromatic heterocycles. The molecular formula is C17H29N5O9. The molecule has 176 valence electrons. The van der Waals surface area contributed by atoms with Crippen LogP contribution >= 0.6 is 0 Å². The van der Waals surface area contributed by atoms with E-state index < -0.39 is 72.8 Å². The number of carbonyl (C=O) groups is 6. The highest BCUT2D eigenvalue weighted by Gasteiger charge is 2.31. The Balaban J connectivity index is 5.51. The zero-order chi connectivity index (χ0) is 24.3. The number of hydrogen-bond acceptors (Lipinski definition) is 8. The highest BCUT2D eigenvalue weighted by molar-refractivity contribution is 5.95. The van der Waals surface area contributed by atoms with Crippen LogP contribution in [0, 0.1) is 5.92 Å². The van der Waals surface area contributed by atoms with Gasteiger partial charge in [-0.1, -0.05) is 13.8 Å². The third-order valence-electron chi connectivity index (χ3n) is 4.14. The van der Waals surface area contributed by atoms with Gasteiger partial charge >= 0.3 is 11.9 Å². The predicted octanol–water partition coefficient (Wildman–Crippen LogP) is -3.76. The molecule has 14 nitrogen and oxygen atoms in total. The smallest absolute Gasteiger partial charge is 0.328 e. The van der Waals surface area contributed by atoms with Crippen LogP contribution < -0.4 is 27.4 Å². The van der Waals surface area contributed by atoms with Crippen molar-refractivity contribution in [1.29, 1.82) is 0 Å². The van der Waals surface area contributed by atoms with E-state index in [-0.39, 0.29) is 18.8 Å². The van der Waals surface area contributed by atoms with Gasteiger partial charge in [-0.05, 0) is 12.3 Å². The number of nitrogens with two attached hydrogens (primary N) is 2. The molecule has 4 atom stereocenters. The maximum absolute atomic E-state index is 12.6. The summed E-state index contributed by atoms with van der Waals surface area (Å²) in [7, 11) is 0. The van der Waals surface area contributed by atoms with Crippen molar-refractivity contribution < 1.29 is 44.1 Å². The van der Waals surface area contributed by atoms with E-state index in [1.807, 2.05) is 5.32 Å². The molecule has 0 heterocycles. The number of primary amides is 1. The maximum Gasteiger partial charge on any atom is 0.328 e. The number of hydrogen-bond donors (Lipinski definition) is 8. The Morgan fingerprint density at radius 2 is 1.32 bits per heavy atom. The van der Waals surface area contributed by atoms with Gasteiger partial charge in [0.05, 0.1) is 19.1 Å². The van der Waals surface area contributed by atoms with Crippen molar-refractivity contribution in [2.24, 2.45) is 17.4 Å². The molecule has 0 aromatic rings. The van der Waals surface area contributed by atoms with Crippen LogP contribution in [-0.2, 0) is 28.8 Å². The lowest BCUT2D eigenvalue weighted by Gasteiger charge is -2.24. The van der Waals surface area contributed by atoms with Crippen LogP contribution in [0.4, 0.5) is 0 Å². The van der Waals surface area contributed by atoms with Gasteiger partial charge in [-0.15, -0.1) is 0 Å². The van der Waals surface area contributed by atoms with E-state index in [0.717, 1.165) is 0 Å². The number of carbonyl (C=O) groups excluding carboxylic acids is 4. The largest absolute Gasteiger partial charge is 0.481 e. The second kappa shape index (κ2) is 13.1. The molecule has 0 bridgehead atoms. The number of aliphatic hydroxyl groups excluding tert-OH is 1. The van der Waals surface area contributed by atoms with Gasteiger partial charge in [0.1, 0.15) is 18.1 Å². The van der Waals surface area contributed by atoms with Crippen LogP contribution in [-0.4, -0.2) is 81.7 Å². The molecular weight excluding hydrogens is 418 g/mol. The molecule has 0 fully saturated rings. The highest BCUT2D eigenvalue weighted by Crippen LogP contribution is 2.04. The number of rotatable bonds is 14. The summed E-state index contributed by atoms with van der Waals surface area (Å²) in [5, 5.41) is 33.2. The SMILES string of the molecule is CC(C)C(N)C(=O)NC(CCC(N)=O)C(=O)NC(CC(=O)O)C(=O)NC(CO)C(=O)O. The molecule has 0 aliphatic heterocycles. The summed E-state index contributed by atoms with van der Waals surface area (Å²) in [6.45, 7) is 2.35. The van der Waals surface area contributed by atoms with Gasteiger partial charge in [-0.2, -0.15) is 0 Å². The number of amides is 4. The first kappa shape index (κ1) is 27.7. The van der Waals surface area contributed by atoms with Crippen molar-refractivity contribution >= 4 is 35.6 Å². The zero-order valence-corrected chi connectivity index (χ0v) is 17.2. The third kappa shape index (κ3) is 10.4. The van der Waals surface area contributed by atoms with Crippen molar-refractivity contribution in [3.8, 4) is 0 Å². The van der Waals surface area contributed by atoms with Gasteiger partial charge in [0.25, 0.3) is 0 Å². The van der Waals surface area contributed by atoms with Gasteiger partial charge in [0, 0.05) is 6.42 Å². The number of carboxylic acid groups (broad SMARTS) is 2. The third-order valence-corrected chi connectivity index (χ3v) is 4.14. The van der Waals surface area contributed by atoms with Crippen LogP contribution in [0.15, 0.2) is 0 Å². The van der Waals surface area contributed by atoms with Crippen LogP contribution in [0.3, 0.4) is 0 Å². The summed E-state index contributed by atoms with van der Waals surface area (Å²) in [5.74, 6) is -7.03. The van der Waals surface area contributed by atoms with E-state index in [0.29, 0.717) is 0 Å². The van der Waals surface area contributed by atoms with Crippen molar-refractivity contribution in [1.82, 2.24) is 16.0 Å². The summed E-state index contributed by atoms with van der Waals surface area (Å²) in [6, 6.07) is -5.81. The Morgan fingerprint density at radius 3 is 1.74 bits per heavy atom. The second-order valence-corrected chi connectivity index (χ2v) is 7.08. The highest BCUT2D eigenvalue weighted by atomic mass is 16.4. The molecule has 0 aliphatic carbocycles. The van der Waals surface area contributed by atoms with Crippen LogP contribution in [0.1, 0.15) is 33.1 Å². The van der Waals surface area contributed by atoms with Crippen molar-refractivity contribution in [2.45, 2.75) is 57.3 Å². The van der Waals surface area contributed by atoms with Gasteiger partial charge in [-0.3, -0.25) is 24.0 Å². The Bertz CT molecular complexity index is 697. The molecule has 14 heteroatoms. The van der Waals surface area contributed by atoms with Gasteiger partial charge in [0.2, 0.25) is 23.6 Å². The Morgan fingerprint density at radius 1 is 0.839 bits per heavy atom. The second-order valence-electron chi connectivity index (χ2n) is 7.08. The molecule has 0 aliphatic rings. The summed E-state index contributed by atoms with van der Waals surface area (Å²) in [5.41, 5.74) is 10.8. The first-order chi connectivity index (χ1) is 14.3. The normalized spacial score (nSPS) is 14.6. The maximum atomic E-state index is 12.6. The van der Waals surface area contributed by atoms with E-state index in [4.69, 9.17) is 26.8 Å². The van der Waals surface area contributed by atoms with Gasteiger partial charge in [-0.25, -0.2) is 4.79 Å². The minimum atomic E-state index is -1.73. The molecule has 0 rings (SSSR count). The first-order valence-corrected chi connectivity index (χ1v) is 9.30. The fourth-order valence-electron chi connectivity index (χ4n) is 2.24. The topological polar surface area (TPSA) is 251 Å². The van der Waals surface area contributed by atoms with E-state index in [9.17, 15) is 28.8 Å². The average Bonchev–Trinajstić information content (AvgIpc) is 2.66. The fourth-order valence-corrected chi connectivity index (χ4v) is 2.24. The molecule has 31 heavy (non-hydrogen) atoms. The molecule has 0 spiro atoms. The lowest BCUT2D eigenvalue weighted by molar-refractivity contribution is -0.144. The number of carboxylic acids is 2. The lowest BCUT2D eigenvalue weighted by Crippen LogP contribution is -2.58. The number of aliphatic carboxylic acids is 2. The van der Waals surface area contributed by atoms with Crippen LogP contribution in [0.25, 0.3) is 0 Å². The Hall–Kier alpha value is -3.26. The standard InChI is InChI=1S/C17H29N5O9/c1-7(2)13(19)16(29)20-8(3-4-11(18)24)14(27)21-9(5-12(25)26)15(28)22-10(6-23)17(30)31/h7-10,13,23H,3-6,19H2,1-2H3,(H2,18,24)(H,20,29)(H,21,27)(H,22,28)(H,25,26)(H,30,31). The lowest BCUT2D eigenvalue weighted by atomic mass is 10.0. The zero-order valence-electron chi connectivity index (χ0n) is 17.2. The van der Waals surface area contributed by atoms with E-state index in [2.05, 4.69) is 10.6 Å².